The number of ketones is 1. The minimum atomic E-state index is -1.36. The van der Waals surface area contributed by atoms with E-state index in [1.807, 2.05) is 30.3 Å². The molecule has 0 N–H and O–H groups in total. The van der Waals surface area contributed by atoms with Crippen LogP contribution in [0.1, 0.15) is 30.4 Å². The summed E-state index contributed by atoms with van der Waals surface area (Å²) in [5, 5.41) is 0. The number of hydrogen-bond donors (Lipinski definition) is 0. The summed E-state index contributed by atoms with van der Waals surface area (Å²) in [6, 6.07) is 16.2. The van der Waals surface area contributed by atoms with Crippen molar-refractivity contribution in [2.24, 2.45) is 5.41 Å². The summed E-state index contributed by atoms with van der Waals surface area (Å²) in [5.41, 5.74) is 0.156. The lowest BCUT2D eigenvalue weighted by molar-refractivity contribution is -0.167. The molecule has 4 rings (SSSR count). The SMILES string of the molecule is COC(=O)[C@]1(Cc2ccccc2F)C(=O)C[C@H]2CC[C@H]1N2Cc1ccccc1. The number of rotatable bonds is 5. The van der Waals surface area contributed by atoms with Crippen LogP contribution in [0, 0.1) is 11.2 Å². The van der Waals surface area contributed by atoms with Crippen molar-refractivity contribution in [1.82, 2.24) is 4.90 Å². The van der Waals surface area contributed by atoms with Crippen molar-refractivity contribution in [2.75, 3.05) is 7.11 Å². The van der Waals surface area contributed by atoms with E-state index in [4.69, 9.17) is 4.74 Å². The minimum absolute atomic E-state index is 0.0356. The fourth-order valence-electron chi connectivity index (χ4n) is 4.96. The number of nitrogens with zero attached hydrogens (tertiary/aromatic N) is 1. The largest absolute Gasteiger partial charge is 0.468 e. The fourth-order valence-corrected chi connectivity index (χ4v) is 4.96. The highest BCUT2D eigenvalue weighted by Crippen LogP contribution is 2.48. The van der Waals surface area contributed by atoms with Gasteiger partial charge in [0.1, 0.15) is 11.2 Å². The molecule has 0 spiro atoms. The van der Waals surface area contributed by atoms with Gasteiger partial charge in [-0.25, -0.2) is 4.39 Å². The van der Waals surface area contributed by atoms with E-state index in [0.29, 0.717) is 18.5 Å². The number of fused-ring (bicyclic) bond motifs is 2. The molecule has 146 valence electrons. The highest BCUT2D eigenvalue weighted by molar-refractivity contribution is 6.06. The number of methoxy groups -OCH3 is 1. The molecule has 0 saturated carbocycles. The monoisotopic (exact) mass is 381 g/mol. The second-order valence-electron chi connectivity index (χ2n) is 7.76. The molecule has 2 heterocycles. The Morgan fingerprint density at radius 3 is 2.57 bits per heavy atom. The topological polar surface area (TPSA) is 46.6 Å². The maximum atomic E-state index is 14.4. The molecule has 0 aliphatic carbocycles. The van der Waals surface area contributed by atoms with Crippen LogP contribution in [0.2, 0.25) is 0 Å². The molecular weight excluding hydrogens is 357 g/mol. The molecule has 2 saturated heterocycles. The van der Waals surface area contributed by atoms with Crippen LogP contribution in [0.4, 0.5) is 4.39 Å². The third-order valence-corrected chi connectivity index (χ3v) is 6.31. The lowest BCUT2D eigenvalue weighted by Crippen LogP contribution is -2.61. The van der Waals surface area contributed by atoms with Crippen molar-refractivity contribution in [3.05, 3.63) is 71.5 Å². The molecular formula is C23H24FNO3. The molecule has 0 amide bonds. The smallest absolute Gasteiger partial charge is 0.321 e. The quantitative estimate of drug-likeness (QED) is 0.587. The molecule has 2 aromatic carbocycles. The minimum Gasteiger partial charge on any atom is -0.468 e. The van der Waals surface area contributed by atoms with Crippen LogP contribution < -0.4 is 0 Å². The average Bonchev–Trinajstić information content (AvgIpc) is 3.02. The number of carbonyl (C=O) groups excluding carboxylic acids is 2. The van der Waals surface area contributed by atoms with Gasteiger partial charge in [-0.15, -0.1) is 0 Å². The van der Waals surface area contributed by atoms with Gasteiger partial charge in [0.25, 0.3) is 0 Å². The Morgan fingerprint density at radius 1 is 1.14 bits per heavy atom. The van der Waals surface area contributed by atoms with Crippen LogP contribution in [0.25, 0.3) is 0 Å². The molecule has 5 heteroatoms. The van der Waals surface area contributed by atoms with E-state index in [-0.39, 0.29) is 24.3 Å². The van der Waals surface area contributed by atoms with Crippen LogP contribution in [-0.4, -0.2) is 35.8 Å². The third-order valence-electron chi connectivity index (χ3n) is 6.31. The van der Waals surface area contributed by atoms with Gasteiger partial charge in [0, 0.05) is 25.0 Å². The van der Waals surface area contributed by atoms with Crippen molar-refractivity contribution < 1.29 is 18.7 Å². The van der Waals surface area contributed by atoms with Crippen molar-refractivity contribution in [3.8, 4) is 0 Å². The zero-order chi connectivity index (χ0) is 19.7. The highest BCUT2D eigenvalue weighted by atomic mass is 19.1. The Balaban J connectivity index is 1.74. The van der Waals surface area contributed by atoms with Gasteiger partial charge in [-0.3, -0.25) is 14.5 Å². The maximum Gasteiger partial charge on any atom is 0.321 e. The first kappa shape index (κ1) is 18.8. The Kier molecular flexibility index (Phi) is 5.02. The van der Waals surface area contributed by atoms with E-state index in [2.05, 4.69) is 4.90 Å². The molecule has 2 bridgehead atoms. The van der Waals surface area contributed by atoms with Gasteiger partial charge < -0.3 is 4.74 Å². The highest BCUT2D eigenvalue weighted by Gasteiger charge is 2.61. The molecule has 0 unspecified atom stereocenters. The number of Topliss-reactive ketones (excluding diaryl/α,β-unsaturated/α-hetero) is 1. The van der Waals surface area contributed by atoms with Crippen molar-refractivity contribution in [1.29, 1.82) is 0 Å². The Bertz CT molecular complexity index is 884. The van der Waals surface area contributed by atoms with E-state index < -0.39 is 17.2 Å². The van der Waals surface area contributed by atoms with Crippen molar-refractivity contribution in [3.63, 3.8) is 0 Å². The van der Waals surface area contributed by atoms with E-state index in [1.54, 1.807) is 18.2 Å². The lowest BCUT2D eigenvalue weighted by atomic mass is 9.68. The summed E-state index contributed by atoms with van der Waals surface area (Å²) in [6.45, 7) is 0.666. The van der Waals surface area contributed by atoms with E-state index >= 15 is 0 Å². The zero-order valence-corrected chi connectivity index (χ0v) is 15.9. The van der Waals surface area contributed by atoms with Crippen LogP contribution >= 0.6 is 0 Å². The molecule has 2 aliphatic heterocycles. The predicted octanol–water partition coefficient (Wildman–Crippen LogP) is 3.53. The summed E-state index contributed by atoms with van der Waals surface area (Å²) < 4.78 is 19.5. The number of ether oxygens (including phenoxy) is 1. The molecule has 0 radical (unpaired) electrons. The fraction of sp³-hybridized carbons (Fsp3) is 0.391. The zero-order valence-electron chi connectivity index (χ0n) is 15.9. The van der Waals surface area contributed by atoms with Gasteiger partial charge >= 0.3 is 5.97 Å². The normalized spacial score (nSPS) is 27.0. The Morgan fingerprint density at radius 2 is 1.86 bits per heavy atom. The van der Waals surface area contributed by atoms with Crippen molar-refractivity contribution >= 4 is 11.8 Å². The summed E-state index contributed by atoms with van der Waals surface area (Å²) in [7, 11) is 1.31. The lowest BCUT2D eigenvalue weighted by Gasteiger charge is -2.45. The first-order chi connectivity index (χ1) is 13.6. The Labute approximate surface area is 164 Å². The number of halogens is 1. The number of carbonyl (C=O) groups is 2. The van der Waals surface area contributed by atoms with E-state index in [0.717, 1.165) is 18.4 Å². The van der Waals surface area contributed by atoms with Gasteiger partial charge in [0.15, 0.2) is 5.78 Å². The molecule has 2 fully saturated rings. The third kappa shape index (κ3) is 3.04. The standard InChI is InChI=1S/C23H24FNO3/c1-28-22(27)23(14-17-9-5-6-10-19(17)24)20-12-11-18(13-21(23)26)25(20)15-16-7-3-2-4-8-16/h2-10,18,20H,11-15H2,1H3/t18-,20-,23+/m1/s1. The summed E-state index contributed by atoms with van der Waals surface area (Å²) >= 11 is 0. The number of benzene rings is 2. The molecule has 3 atom stereocenters. The van der Waals surface area contributed by atoms with Crippen LogP contribution in [-0.2, 0) is 27.3 Å². The van der Waals surface area contributed by atoms with Gasteiger partial charge in [-0.05, 0) is 36.5 Å². The summed E-state index contributed by atoms with van der Waals surface area (Å²) in [5.74, 6) is -1.07. The predicted molar refractivity (Wildman–Crippen MR) is 103 cm³/mol. The van der Waals surface area contributed by atoms with Gasteiger partial charge in [0.2, 0.25) is 0 Å². The number of piperidine rings is 1. The Hall–Kier alpha value is -2.53. The van der Waals surface area contributed by atoms with Crippen molar-refractivity contribution in [2.45, 2.75) is 44.3 Å². The molecule has 28 heavy (non-hydrogen) atoms. The second-order valence-corrected chi connectivity index (χ2v) is 7.76. The van der Waals surface area contributed by atoms with Gasteiger partial charge in [-0.1, -0.05) is 48.5 Å². The first-order valence-corrected chi connectivity index (χ1v) is 9.71. The molecule has 2 aliphatic rings. The van der Waals surface area contributed by atoms with E-state index in [1.165, 1.54) is 13.2 Å². The van der Waals surface area contributed by atoms with Crippen LogP contribution in [0.5, 0.6) is 0 Å². The number of hydrogen-bond acceptors (Lipinski definition) is 4. The molecule has 4 nitrogen and oxygen atoms in total. The van der Waals surface area contributed by atoms with Crippen LogP contribution in [0.3, 0.4) is 0 Å². The molecule has 2 aromatic rings. The maximum absolute atomic E-state index is 14.4. The van der Waals surface area contributed by atoms with Gasteiger partial charge in [-0.2, -0.15) is 0 Å². The average molecular weight is 381 g/mol. The van der Waals surface area contributed by atoms with E-state index in [9.17, 15) is 14.0 Å². The second kappa shape index (κ2) is 7.47. The summed E-state index contributed by atoms with van der Waals surface area (Å²) in [6.07, 6.45) is 1.92. The summed E-state index contributed by atoms with van der Waals surface area (Å²) in [4.78, 5) is 28.5. The van der Waals surface area contributed by atoms with Gasteiger partial charge in [0.05, 0.1) is 7.11 Å². The molecule has 0 aromatic heterocycles. The number of esters is 1. The first-order valence-electron chi connectivity index (χ1n) is 9.71. The van der Waals surface area contributed by atoms with Crippen LogP contribution in [0.15, 0.2) is 54.6 Å².